The zero-order chi connectivity index (χ0) is 22.4. The highest BCUT2D eigenvalue weighted by Crippen LogP contribution is 2.28. The Morgan fingerprint density at radius 1 is 0.968 bits per heavy atom. The number of halogens is 2. The van der Waals surface area contributed by atoms with Gasteiger partial charge in [-0.2, -0.15) is 0 Å². The molecule has 0 atom stereocenters. The highest BCUT2D eigenvalue weighted by Gasteiger charge is 2.17. The molecule has 0 spiro atoms. The van der Waals surface area contributed by atoms with Crippen LogP contribution in [0.15, 0.2) is 71.6 Å². The molecule has 2 N–H and O–H groups in total. The number of carbonyl (C=O) groups excluding carboxylic acids is 1. The van der Waals surface area contributed by atoms with E-state index in [1.807, 2.05) is 19.1 Å². The van der Waals surface area contributed by atoms with Crippen LogP contribution >= 0.6 is 23.2 Å². The van der Waals surface area contributed by atoms with E-state index in [1.54, 1.807) is 36.4 Å². The summed E-state index contributed by atoms with van der Waals surface area (Å²) in [5, 5.41) is 3.42. The maximum Gasteiger partial charge on any atom is 0.261 e. The molecule has 0 saturated heterocycles. The number of rotatable bonds is 8. The minimum Gasteiger partial charge on any atom is -0.482 e. The van der Waals surface area contributed by atoms with E-state index in [-0.39, 0.29) is 28.2 Å². The summed E-state index contributed by atoms with van der Waals surface area (Å²) in [6.07, 6.45) is 0. The maximum absolute atomic E-state index is 12.6. The van der Waals surface area contributed by atoms with E-state index in [1.165, 1.54) is 18.2 Å². The van der Waals surface area contributed by atoms with E-state index < -0.39 is 10.0 Å². The normalized spacial score (nSPS) is 11.1. The molecule has 0 aliphatic heterocycles. The minimum atomic E-state index is -3.82. The summed E-state index contributed by atoms with van der Waals surface area (Å²) < 4.78 is 33.1. The standard InChI is InChI=1S/C22H20Cl2N2O4S/c1-15-2-8-18(9-3-15)26-31(28,29)19-10-11-21(20(24)12-19)30-14-22(27)25-13-16-4-6-17(23)7-5-16/h2-12,26H,13-14H2,1H3,(H,25,27). The molecule has 6 nitrogen and oxygen atoms in total. The molecule has 3 aromatic carbocycles. The van der Waals surface area contributed by atoms with Gasteiger partial charge in [0.2, 0.25) is 0 Å². The fourth-order valence-electron chi connectivity index (χ4n) is 2.60. The second kappa shape index (κ2) is 10.0. The second-order valence-corrected chi connectivity index (χ2v) is 9.28. The van der Waals surface area contributed by atoms with E-state index in [0.717, 1.165) is 11.1 Å². The Hall–Kier alpha value is -2.74. The van der Waals surface area contributed by atoms with Crippen molar-refractivity contribution in [2.75, 3.05) is 11.3 Å². The summed E-state index contributed by atoms with van der Waals surface area (Å²) in [5.41, 5.74) is 2.36. The Morgan fingerprint density at radius 2 is 1.65 bits per heavy atom. The lowest BCUT2D eigenvalue weighted by Gasteiger charge is -2.12. The van der Waals surface area contributed by atoms with Gasteiger partial charge in [0.15, 0.2) is 6.61 Å². The molecule has 0 saturated carbocycles. The highest BCUT2D eigenvalue weighted by molar-refractivity contribution is 7.92. The first-order valence-electron chi connectivity index (χ1n) is 9.26. The van der Waals surface area contributed by atoms with Gasteiger partial charge in [-0.25, -0.2) is 8.42 Å². The Morgan fingerprint density at radius 3 is 2.29 bits per heavy atom. The summed E-state index contributed by atoms with van der Waals surface area (Å²) in [5.74, 6) is -0.138. The lowest BCUT2D eigenvalue weighted by molar-refractivity contribution is -0.123. The van der Waals surface area contributed by atoms with Gasteiger partial charge < -0.3 is 10.1 Å². The average Bonchev–Trinajstić information content (AvgIpc) is 2.74. The first kappa shape index (κ1) is 22.9. The molecule has 0 aliphatic rings. The molecular weight excluding hydrogens is 459 g/mol. The van der Waals surface area contributed by atoms with Crippen LogP contribution in [0.25, 0.3) is 0 Å². The van der Waals surface area contributed by atoms with E-state index in [0.29, 0.717) is 17.3 Å². The Balaban J connectivity index is 1.57. The molecule has 31 heavy (non-hydrogen) atoms. The number of sulfonamides is 1. The first-order chi connectivity index (χ1) is 14.7. The topological polar surface area (TPSA) is 84.5 Å². The number of amides is 1. The van der Waals surface area contributed by atoms with Gasteiger partial charge in [0.25, 0.3) is 15.9 Å². The quantitative estimate of drug-likeness (QED) is 0.486. The maximum atomic E-state index is 12.6. The van der Waals surface area contributed by atoms with Crippen LogP contribution in [0.4, 0.5) is 5.69 Å². The second-order valence-electron chi connectivity index (χ2n) is 6.76. The number of nitrogens with one attached hydrogen (secondary N) is 2. The van der Waals surface area contributed by atoms with Crippen LogP contribution < -0.4 is 14.8 Å². The number of hydrogen-bond donors (Lipinski definition) is 2. The van der Waals surface area contributed by atoms with Gasteiger partial charge in [0.05, 0.1) is 9.92 Å². The van der Waals surface area contributed by atoms with Crippen molar-refractivity contribution in [3.63, 3.8) is 0 Å². The van der Waals surface area contributed by atoms with Crippen LogP contribution in [-0.2, 0) is 21.4 Å². The largest absolute Gasteiger partial charge is 0.482 e. The van der Waals surface area contributed by atoms with Gasteiger partial charge in [-0.3, -0.25) is 9.52 Å². The molecule has 0 heterocycles. The molecule has 0 bridgehead atoms. The third-order valence-corrected chi connectivity index (χ3v) is 6.21. The third-order valence-electron chi connectivity index (χ3n) is 4.28. The third kappa shape index (κ3) is 6.62. The summed E-state index contributed by atoms with van der Waals surface area (Å²) in [6, 6.07) is 18.1. The van der Waals surface area contributed by atoms with Gasteiger partial charge in [0.1, 0.15) is 5.75 Å². The molecule has 0 fully saturated rings. The van der Waals surface area contributed by atoms with Gasteiger partial charge in [-0.05, 0) is 55.0 Å². The van der Waals surface area contributed by atoms with Crippen molar-refractivity contribution in [1.29, 1.82) is 0 Å². The zero-order valence-electron chi connectivity index (χ0n) is 16.6. The lowest BCUT2D eigenvalue weighted by Crippen LogP contribution is -2.28. The van der Waals surface area contributed by atoms with Crippen LogP contribution in [0.1, 0.15) is 11.1 Å². The Kier molecular flexibility index (Phi) is 7.43. The summed E-state index contributed by atoms with van der Waals surface area (Å²) in [6.45, 7) is 1.98. The van der Waals surface area contributed by atoms with Crippen molar-refractivity contribution in [3.05, 3.63) is 87.9 Å². The summed E-state index contributed by atoms with van der Waals surface area (Å²) in [4.78, 5) is 12.0. The number of anilines is 1. The van der Waals surface area contributed by atoms with E-state index in [2.05, 4.69) is 10.0 Å². The molecule has 1 amide bonds. The molecule has 0 unspecified atom stereocenters. The van der Waals surface area contributed by atoms with Crippen molar-refractivity contribution < 1.29 is 17.9 Å². The smallest absolute Gasteiger partial charge is 0.261 e. The van der Waals surface area contributed by atoms with Crippen molar-refractivity contribution >= 4 is 44.8 Å². The Bertz CT molecular complexity index is 1170. The average molecular weight is 479 g/mol. The SMILES string of the molecule is Cc1ccc(NS(=O)(=O)c2ccc(OCC(=O)NCc3ccc(Cl)cc3)c(Cl)c2)cc1. The zero-order valence-corrected chi connectivity index (χ0v) is 18.9. The van der Waals surface area contributed by atoms with Gasteiger partial charge >= 0.3 is 0 Å². The molecular formula is C22H20Cl2N2O4S. The minimum absolute atomic E-state index is 0.0161. The van der Waals surface area contributed by atoms with Crippen LogP contribution in [0, 0.1) is 6.92 Å². The van der Waals surface area contributed by atoms with Crippen molar-refractivity contribution in [2.24, 2.45) is 0 Å². The molecule has 0 aromatic heterocycles. The van der Waals surface area contributed by atoms with Crippen LogP contribution in [-0.4, -0.2) is 20.9 Å². The summed E-state index contributed by atoms with van der Waals surface area (Å²) in [7, 11) is -3.82. The predicted octanol–water partition coefficient (Wildman–Crippen LogP) is 4.80. The van der Waals surface area contributed by atoms with Crippen molar-refractivity contribution in [1.82, 2.24) is 5.32 Å². The molecule has 162 valence electrons. The Labute approximate surface area is 191 Å². The number of benzene rings is 3. The number of carbonyl (C=O) groups is 1. The van der Waals surface area contributed by atoms with Gasteiger partial charge in [0, 0.05) is 17.3 Å². The first-order valence-corrected chi connectivity index (χ1v) is 11.5. The van der Waals surface area contributed by atoms with Crippen LogP contribution in [0.5, 0.6) is 5.75 Å². The summed E-state index contributed by atoms with van der Waals surface area (Å²) >= 11 is 12.0. The highest BCUT2D eigenvalue weighted by atomic mass is 35.5. The molecule has 3 aromatic rings. The van der Waals surface area contributed by atoms with Gasteiger partial charge in [-0.15, -0.1) is 0 Å². The number of aryl methyl sites for hydroxylation is 1. The van der Waals surface area contributed by atoms with Gasteiger partial charge in [-0.1, -0.05) is 53.0 Å². The molecule has 3 rings (SSSR count). The lowest BCUT2D eigenvalue weighted by atomic mass is 10.2. The van der Waals surface area contributed by atoms with Crippen LogP contribution in [0.2, 0.25) is 10.0 Å². The van der Waals surface area contributed by atoms with Crippen molar-refractivity contribution in [2.45, 2.75) is 18.4 Å². The predicted molar refractivity (Wildman–Crippen MR) is 122 cm³/mol. The number of hydrogen-bond acceptors (Lipinski definition) is 4. The monoisotopic (exact) mass is 478 g/mol. The van der Waals surface area contributed by atoms with E-state index >= 15 is 0 Å². The molecule has 9 heteroatoms. The number of ether oxygens (including phenoxy) is 1. The molecule has 0 radical (unpaired) electrons. The van der Waals surface area contributed by atoms with E-state index in [4.69, 9.17) is 27.9 Å². The fourth-order valence-corrected chi connectivity index (χ4v) is 4.11. The molecule has 0 aliphatic carbocycles. The van der Waals surface area contributed by atoms with Crippen molar-refractivity contribution in [3.8, 4) is 5.75 Å². The fraction of sp³-hybridized carbons (Fsp3) is 0.136. The van der Waals surface area contributed by atoms with E-state index in [9.17, 15) is 13.2 Å². The van der Waals surface area contributed by atoms with Crippen LogP contribution in [0.3, 0.4) is 0 Å².